The van der Waals surface area contributed by atoms with Gasteiger partial charge in [0.05, 0.1) is 17.5 Å². The van der Waals surface area contributed by atoms with E-state index in [4.69, 9.17) is 11.6 Å². The van der Waals surface area contributed by atoms with Crippen LogP contribution in [0.3, 0.4) is 0 Å². The van der Waals surface area contributed by atoms with Gasteiger partial charge in [-0.2, -0.15) is 0 Å². The van der Waals surface area contributed by atoms with Crippen LogP contribution in [0.4, 0.5) is 0 Å². The number of sulfonamides is 1. The van der Waals surface area contributed by atoms with Gasteiger partial charge >= 0.3 is 0 Å². The minimum Gasteiger partial charge on any atom is -0.395 e. The lowest BCUT2D eigenvalue weighted by atomic mass is 9.94. The van der Waals surface area contributed by atoms with Crippen molar-refractivity contribution in [2.75, 3.05) is 6.61 Å². The number of nitrogens with one attached hydrogen (secondary N) is 1. The van der Waals surface area contributed by atoms with Crippen LogP contribution in [-0.2, 0) is 10.0 Å². The molecule has 0 amide bonds. The van der Waals surface area contributed by atoms with Crippen molar-refractivity contribution >= 4 is 21.6 Å². The molecule has 22 heavy (non-hydrogen) atoms. The molecule has 0 aromatic heterocycles. The SMILES string of the molecule is CC(c1ccccc1)C(CO)NS(=O)(=O)c1ccc(Cl)cc1. The highest BCUT2D eigenvalue weighted by Gasteiger charge is 2.24. The molecule has 0 saturated heterocycles. The zero-order valence-electron chi connectivity index (χ0n) is 12.1. The van der Waals surface area contributed by atoms with Crippen LogP contribution in [0, 0.1) is 0 Å². The molecule has 0 spiro atoms. The Kier molecular flexibility index (Phi) is 5.58. The summed E-state index contributed by atoms with van der Waals surface area (Å²) in [6, 6.07) is 14.8. The van der Waals surface area contributed by atoms with Gasteiger partial charge in [0.1, 0.15) is 0 Å². The number of aliphatic hydroxyl groups is 1. The number of benzene rings is 2. The molecule has 6 heteroatoms. The van der Waals surface area contributed by atoms with Gasteiger partial charge in [0, 0.05) is 5.02 Å². The van der Waals surface area contributed by atoms with E-state index in [0.717, 1.165) is 5.56 Å². The molecular weight excluding hydrogens is 322 g/mol. The Labute approximate surface area is 135 Å². The third-order valence-corrected chi connectivity index (χ3v) is 5.31. The molecule has 2 unspecified atom stereocenters. The molecule has 2 aromatic rings. The summed E-state index contributed by atoms with van der Waals surface area (Å²) >= 11 is 5.77. The van der Waals surface area contributed by atoms with E-state index in [9.17, 15) is 13.5 Å². The quantitative estimate of drug-likeness (QED) is 0.850. The Bertz CT molecular complexity index is 702. The van der Waals surface area contributed by atoms with Crippen molar-refractivity contribution < 1.29 is 13.5 Å². The molecule has 0 bridgehead atoms. The van der Waals surface area contributed by atoms with Crippen LogP contribution in [0.5, 0.6) is 0 Å². The summed E-state index contributed by atoms with van der Waals surface area (Å²) in [6.07, 6.45) is 0. The Morgan fingerprint density at radius 2 is 1.68 bits per heavy atom. The first-order valence-electron chi connectivity index (χ1n) is 6.88. The third-order valence-electron chi connectivity index (χ3n) is 3.56. The molecule has 2 atom stereocenters. The standard InChI is InChI=1S/C16H18ClNO3S/c1-12(13-5-3-2-4-6-13)16(11-19)18-22(20,21)15-9-7-14(17)8-10-15/h2-10,12,16,18-19H,11H2,1H3. The van der Waals surface area contributed by atoms with Gasteiger partial charge < -0.3 is 5.11 Å². The van der Waals surface area contributed by atoms with Crippen molar-refractivity contribution in [3.05, 3.63) is 65.2 Å². The van der Waals surface area contributed by atoms with Crippen LogP contribution in [0.15, 0.2) is 59.5 Å². The number of rotatable bonds is 6. The summed E-state index contributed by atoms with van der Waals surface area (Å²) in [5.74, 6) is -0.159. The lowest BCUT2D eigenvalue weighted by Gasteiger charge is -2.23. The minimum absolute atomic E-state index is 0.121. The van der Waals surface area contributed by atoms with Crippen molar-refractivity contribution in [3.8, 4) is 0 Å². The van der Waals surface area contributed by atoms with E-state index >= 15 is 0 Å². The molecule has 2 N–H and O–H groups in total. The number of hydrogen-bond donors (Lipinski definition) is 2. The minimum atomic E-state index is -3.71. The van der Waals surface area contributed by atoms with E-state index in [1.54, 1.807) is 0 Å². The largest absolute Gasteiger partial charge is 0.395 e. The summed E-state index contributed by atoms with van der Waals surface area (Å²) in [6.45, 7) is 1.59. The summed E-state index contributed by atoms with van der Waals surface area (Å²) in [5, 5.41) is 10.0. The Morgan fingerprint density at radius 3 is 2.23 bits per heavy atom. The van der Waals surface area contributed by atoms with Gasteiger partial charge in [0.25, 0.3) is 0 Å². The fourth-order valence-electron chi connectivity index (χ4n) is 2.17. The fourth-order valence-corrected chi connectivity index (χ4v) is 3.60. The second-order valence-corrected chi connectivity index (χ2v) is 7.21. The van der Waals surface area contributed by atoms with E-state index in [0.29, 0.717) is 5.02 Å². The maximum absolute atomic E-state index is 12.4. The number of hydrogen-bond acceptors (Lipinski definition) is 3. The average Bonchev–Trinajstić information content (AvgIpc) is 2.53. The first kappa shape index (κ1) is 17.0. The number of halogens is 1. The van der Waals surface area contributed by atoms with E-state index in [1.165, 1.54) is 24.3 Å². The lowest BCUT2D eigenvalue weighted by molar-refractivity contribution is 0.242. The van der Waals surface area contributed by atoms with Gasteiger partial charge in [-0.15, -0.1) is 0 Å². The smallest absolute Gasteiger partial charge is 0.240 e. The van der Waals surface area contributed by atoms with Crippen molar-refractivity contribution in [2.24, 2.45) is 0 Å². The third kappa shape index (κ3) is 4.08. The highest BCUT2D eigenvalue weighted by molar-refractivity contribution is 7.89. The molecular formula is C16H18ClNO3S. The first-order valence-corrected chi connectivity index (χ1v) is 8.74. The van der Waals surface area contributed by atoms with Crippen LogP contribution in [0.1, 0.15) is 18.4 Å². The van der Waals surface area contributed by atoms with Gasteiger partial charge in [-0.05, 0) is 35.7 Å². The normalized spacial score (nSPS) is 14.5. The molecule has 0 heterocycles. The van der Waals surface area contributed by atoms with Gasteiger partial charge in [-0.1, -0.05) is 48.9 Å². The van der Waals surface area contributed by atoms with Crippen LogP contribution in [0.25, 0.3) is 0 Å². The van der Waals surface area contributed by atoms with E-state index in [2.05, 4.69) is 4.72 Å². The van der Waals surface area contributed by atoms with Gasteiger partial charge in [0.15, 0.2) is 0 Å². The van der Waals surface area contributed by atoms with Gasteiger partial charge in [-0.25, -0.2) is 13.1 Å². The first-order chi connectivity index (χ1) is 10.4. The van der Waals surface area contributed by atoms with E-state index < -0.39 is 16.1 Å². The highest BCUT2D eigenvalue weighted by Crippen LogP contribution is 2.21. The molecule has 2 aromatic carbocycles. The second kappa shape index (κ2) is 7.24. The maximum Gasteiger partial charge on any atom is 0.240 e. The molecule has 4 nitrogen and oxygen atoms in total. The van der Waals surface area contributed by atoms with Crippen molar-refractivity contribution in [2.45, 2.75) is 23.8 Å². The summed E-state index contributed by atoms with van der Waals surface area (Å²) < 4.78 is 27.3. The molecule has 0 radical (unpaired) electrons. The average molecular weight is 340 g/mol. The van der Waals surface area contributed by atoms with Gasteiger partial charge in [0.2, 0.25) is 10.0 Å². The van der Waals surface area contributed by atoms with Crippen LogP contribution < -0.4 is 4.72 Å². The Balaban J connectivity index is 2.20. The van der Waals surface area contributed by atoms with Crippen LogP contribution in [-0.4, -0.2) is 26.2 Å². The van der Waals surface area contributed by atoms with E-state index in [1.807, 2.05) is 37.3 Å². The summed E-state index contributed by atoms with van der Waals surface area (Å²) in [7, 11) is -3.71. The second-order valence-electron chi connectivity index (χ2n) is 5.06. The molecule has 0 fully saturated rings. The molecule has 0 aliphatic heterocycles. The van der Waals surface area contributed by atoms with Gasteiger partial charge in [-0.3, -0.25) is 0 Å². The molecule has 0 aliphatic rings. The summed E-state index contributed by atoms with van der Waals surface area (Å²) in [5.41, 5.74) is 0.959. The van der Waals surface area contributed by atoms with Crippen molar-refractivity contribution in [3.63, 3.8) is 0 Å². The molecule has 0 aliphatic carbocycles. The predicted molar refractivity (Wildman–Crippen MR) is 87.5 cm³/mol. The zero-order valence-corrected chi connectivity index (χ0v) is 13.7. The van der Waals surface area contributed by atoms with E-state index in [-0.39, 0.29) is 17.4 Å². The molecule has 0 saturated carbocycles. The Morgan fingerprint density at radius 1 is 1.09 bits per heavy atom. The predicted octanol–water partition coefficient (Wildman–Crippen LogP) is 2.78. The highest BCUT2D eigenvalue weighted by atomic mass is 35.5. The maximum atomic E-state index is 12.4. The lowest BCUT2D eigenvalue weighted by Crippen LogP contribution is -2.41. The Hall–Kier alpha value is -1.40. The molecule has 118 valence electrons. The number of aliphatic hydroxyl groups excluding tert-OH is 1. The fraction of sp³-hybridized carbons (Fsp3) is 0.250. The van der Waals surface area contributed by atoms with Crippen molar-refractivity contribution in [1.29, 1.82) is 0 Å². The van der Waals surface area contributed by atoms with Crippen LogP contribution >= 0.6 is 11.6 Å². The zero-order chi connectivity index (χ0) is 16.2. The summed E-state index contributed by atoms with van der Waals surface area (Å²) in [4.78, 5) is 0.121. The van der Waals surface area contributed by atoms with Crippen molar-refractivity contribution in [1.82, 2.24) is 4.72 Å². The monoisotopic (exact) mass is 339 g/mol. The topological polar surface area (TPSA) is 66.4 Å². The van der Waals surface area contributed by atoms with Crippen LogP contribution in [0.2, 0.25) is 5.02 Å². The molecule has 2 rings (SSSR count).